The van der Waals surface area contributed by atoms with Gasteiger partial charge in [0.2, 0.25) is 0 Å². The molecule has 0 unspecified atom stereocenters. The van der Waals surface area contributed by atoms with Crippen LogP contribution in [0.2, 0.25) is 0 Å². The summed E-state index contributed by atoms with van der Waals surface area (Å²) in [7, 11) is 0. The second-order valence-electron chi connectivity index (χ2n) is 6.54. The molecule has 23 heavy (non-hydrogen) atoms. The number of ether oxygens (including phenoxy) is 1. The third-order valence-corrected chi connectivity index (χ3v) is 4.43. The number of hydrogen-bond donors (Lipinski definition) is 0. The van der Waals surface area contributed by atoms with Gasteiger partial charge in [0.25, 0.3) is 0 Å². The largest absolute Gasteiger partial charge is 0.387 e. The van der Waals surface area contributed by atoms with Crippen LogP contribution in [0.3, 0.4) is 0 Å². The average molecular weight is 317 g/mol. The Labute approximate surface area is 136 Å². The fourth-order valence-corrected chi connectivity index (χ4v) is 3.12. The Bertz CT molecular complexity index is 607. The first-order chi connectivity index (χ1) is 11.1. The highest BCUT2D eigenvalue weighted by Crippen LogP contribution is 2.41. The molecule has 1 aromatic heterocycles. The van der Waals surface area contributed by atoms with Gasteiger partial charge in [-0.15, -0.1) is 0 Å². The number of rotatable bonds is 6. The number of anilines is 1. The summed E-state index contributed by atoms with van der Waals surface area (Å²) in [5.41, 5.74) is 2.44. The van der Waals surface area contributed by atoms with Crippen LogP contribution in [0.4, 0.5) is 11.5 Å². The van der Waals surface area contributed by atoms with Crippen LogP contribution in [0.5, 0.6) is 0 Å². The third kappa shape index (κ3) is 3.69. The molecule has 2 fully saturated rings. The smallest absolute Gasteiger partial charge is 0.381 e. The first-order valence-corrected chi connectivity index (χ1v) is 8.20. The van der Waals surface area contributed by atoms with Gasteiger partial charge < -0.3 is 19.8 Å². The molecule has 1 saturated carbocycles. The zero-order chi connectivity index (χ0) is 16.4. The summed E-state index contributed by atoms with van der Waals surface area (Å²) in [5, 5.41) is 11.6. The molecular formula is C17H23N3O3. The van der Waals surface area contributed by atoms with Crippen molar-refractivity contribution in [1.82, 2.24) is 4.98 Å². The van der Waals surface area contributed by atoms with E-state index < -0.39 is 0 Å². The first kappa shape index (κ1) is 15.9. The second-order valence-corrected chi connectivity index (χ2v) is 6.54. The summed E-state index contributed by atoms with van der Waals surface area (Å²) in [4.78, 5) is 17.6. The monoisotopic (exact) mass is 317 g/mol. The lowest BCUT2D eigenvalue weighted by atomic mass is 10.0. The van der Waals surface area contributed by atoms with Gasteiger partial charge >= 0.3 is 5.82 Å². The summed E-state index contributed by atoms with van der Waals surface area (Å²) in [6.45, 7) is 7.92. The normalized spacial score (nSPS) is 18.7. The van der Waals surface area contributed by atoms with Gasteiger partial charge in [-0.25, -0.2) is 0 Å². The Morgan fingerprint density at radius 2 is 2.09 bits per heavy atom. The highest BCUT2D eigenvalue weighted by atomic mass is 16.6. The number of pyridine rings is 1. The van der Waals surface area contributed by atoms with Crippen LogP contribution in [-0.4, -0.2) is 35.7 Å². The number of nitrogens with zero attached hydrogens (tertiary/aromatic N) is 3. The zero-order valence-electron chi connectivity index (χ0n) is 13.5. The van der Waals surface area contributed by atoms with Gasteiger partial charge in [-0.3, -0.25) is 0 Å². The van der Waals surface area contributed by atoms with E-state index >= 15 is 0 Å². The molecule has 2 aliphatic rings. The topological polar surface area (TPSA) is 68.5 Å². The van der Waals surface area contributed by atoms with Crippen molar-refractivity contribution in [3.63, 3.8) is 0 Å². The van der Waals surface area contributed by atoms with Crippen LogP contribution in [0.15, 0.2) is 24.3 Å². The molecule has 0 amide bonds. The Balaban J connectivity index is 1.96. The van der Waals surface area contributed by atoms with Gasteiger partial charge in [0.15, 0.2) is 5.69 Å². The molecule has 1 aliphatic heterocycles. The molecule has 1 aliphatic carbocycles. The average Bonchev–Trinajstić information content (AvgIpc) is 3.37. The maximum absolute atomic E-state index is 11.6. The predicted octanol–water partition coefficient (Wildman–Crippen LogP) is 3.43. The van der Waals surface area contributed by atoms with E-state index in [0.29, 0.717) is 31.4 Å². The van der Waals surface area contributed by atoms with E-state index in [9.17, 15) is 10.1 Å². The summed E-state index contributed by atoms with van der Waals surface area (Å²) >= 11 is 0. The molecule has 124 valence electrons. The van der Waals surface area contributed by atoms with Crippen molar-refractivity contribution in [3.8, 4) is 0 Å². The molecule has 6 nitrogen and oxygen atoms in total. The van der Waals surface area contributed by atoms with Crippen molar-refractivity contribution < 1.29 is 9.66 Å². The minimum absolute atomic E-state index is 0.0258. The predicted molar refractivity (Wildman–Crippen MR) is 88.9 cm³/mol. The lowest BCUT2D eigenvalue weighted by Gasteiger charge is -2.35. The van der Waals surface area contributed by atoms with Gasteiger partial charge in [-0.05, 0) is 54.6 Å². The van der Waals surface area contributed by atoms with Crippen molar-refractivity contribution >= 4 is 11.5 Å². The second kappa shape index (κ2) is 6.66. The van der Waals surface area contributed by atoms with E-state index in [4.69, 9.17) is 4.74 Å². The van der Waals surface area contributed by atoms with E-state index in [1.165, 1.54) is 0 Å². The highest BCUT2D eigenvalue weighted by Gasteiger charge is 2.33. The van der Waals surface area contributed by atoms with Gasteiger partial charge in [-0.2, -0.15) is 0 Å². The number of nitro groups is 1. The SMILES string of the molecule is C=C(C)CN(c1ccc(C2CC2)nc1[N+](=O)[O-])C1CCOCC1. The van der Waals surface area contributed by atoms with Crippen LogP contribution < -0.4 is 4.90 Å². The van der Waals surface area contributed by atoms with Crippen LogP contribution in [0.25, 0.3) is 0 Å². The Morgan fingerprint density at radius 3 is 2.65 bits per heavy atom. The minimum Gasteiger partial charge on any atom is -0.381 e. The third-order valence-electron chi connectivity index (χ3n) is 4.43. The molecule has 3 rings (SSSR count). The molecule has 2 heterocycles. The standard InChI is InChI=1S/C17H23N3O3/c1-12(2)11-19(14-7-9-23-10-8-14)16-6-5-15(13-3-4-13)18-17(16)20(21)22/h5-6,13-14H,1,3-4,7-11H2,2H3. The quantitative estimate of drug-likeness (QED) is 0.457. The first-order valence-electron chi connectivity index (χ1n) is 8.20. The van der Waals surface area contributed by atoms with Crippen LogP contribution >= 0.6 is 0 Å². The maximum Gasteiger partial charge on any atom is 0.387 e. The Kier molecular flexibility index (Phi) is 4.61. The maximum atomic E-state index is 11.6. The molecule has 0 bridgehead atoms. The van der Waals surface area contributed by atoms with E-state index in [1.54, 1.807) is 0 Å². The van der Waals surface area contributed by atoms with Crippen LogP contribution in [0.1, 0.15) is 44.2 Å². The summed E-state index contributed by atoms with van der Waals surface area (Å²) in [5.74, 6) is 0.377. The summed E-state index contributed by atoms with van der Waals surface area (Å²) in [6, 6.07) is 4.05. The fraction of sp³-hybridized carbons (Fsp3) is 0.588. The Morgan fingerprint density at radius 1 is 1.39 bits per heavy atom. The van der Waals surface area contributed by atoms with Crippen molar-refractivity contribution in [1.29, 1.82) is 0 Å². The molecule has 0 aromatic carbocycles. The van der Waals surface area contributed by atoms with Gasteiger partial charge in [-0.1, -0.05) is 12.2 Å². The molecule has 1 aromatic rings. The van der Waals surface area contributed by atoms with Gasteiger partial charge in [0.05, 0.1) is 0 Å². The van der Waals surface area contributed by atoms with Crippen molar-refractivity contribution in [2.75, 3.05) is 24.7 Å². The van der Waals surface area contributed by atoms with Crippen LogP contribution in [-0.2, 0) is 4.74 Å². The molecule has 0 atom stereocenters. The fourth-order valence-electron chi connectivity index (χ4n) is 3.12. The van der Waals surface area contributed by atoms with Gasteiger partial charge in [0.1, 0.15) is 5.69 Å². The molecule has 0 radical (unpaired) electrons. The van der Waals surface area contributed by atoms with Crippen molar-refractivity contribution in [3.05, 3.63) is 40.1 Å². The zero-order valence-corrected chi connectivity index (χ0v) is 13.5. The van der Waals surface area contributed by atoms with E-state index in [2.05, 4.69) is 16.5 Å². The molecule has 1 saturated heterocycles. The molecular weight excluding hydrogens is 294 g/mol. The van der Waals surface area contributed by atoms with Crippen molar-refractivity contribution in [2.45, 2.75) is 44.6 Å². The minimum atomic E-state index is -0.355. The summed E-state index contributed by atoms with van der Waals surface area (Å²) in [6.07, 6.45) is 3.90. The Hall–Kier alpha value is -1.95. The van der Waals surface area contributed by atoms with Gasteiger partial charge in [0, 0.05) is 31.7 Å². The molecule has 0 spiro atoms. The lowest BCUT2D eigenvalue weighted by Crippen LogP contribution is -2.41. The lowest BCUT2D eigenvalue weighted by molar-refractivity contribution is -0.388. The van der Waals surface area contributed by atoms with Crippen molar-refractivity contribution in [2.24, 2.45) is 0 Å². The van der Waals surface area contributed by atoms with Crippen LogP contribution in [0, 0.1) is 10.1 Å². The molecule has 0 N–H and O–H groups in total. The van der Waals surface area contributed by atoms with E-state index in [1.807, 2.05) is 19.1 Å². The summed E-state index contributed by atoms with van der Waals surface area (Å²) < 4.78 is 5.43. The number of hydrogen-bond acceptors (Lipinski definition) is 5. The highest BCUT2D eigenvalue weighted by molar-refractivity contribution is 5.61. The van der Waals surface area contributed by atoms with E-state index in [0.717, 1.165) is 37.0 Å². The number of aromatic nitrogens is 1. The molecule has 6 heteroatoms. The van der Waals surface area contributed by atoms with E-state index in [-0.39, 0.29) is 16.8 Å².